The first-order valence-corrected chi connectivity index (χ1v) is 6.89. The number of fused-ring (bicyclic) bond motifs is 1. The first-order chi connectivity index (χ1) is 10.6. The van der Waals surface area contributed by atoms with E-state index < -0.39 is 11.8 Å². The Morgan fingerprint density at radius 3 is 2.32 bits per heavy atom. The van der Waals surface area contributed by atoms with Gasteiger partial charge in [-0.2, -0.15) is 0 Å². The molecule has 0 aromatic heterocycles. The lowest BCUT2D eigenvalue weighted by atomic mass is 10.1. The summed E-state index contributed by atoms with van der Waals surface area (Å²) >= 11 is 0. The van der Waals surface area contributed by atoms with E-state index in [0.717, 1.165) is 10.8 Å². The van der Waals surface area contributed by atoms with Crippen LogP contribution in [-0.2, 0) is 14.4 Å². The summed E-state index contributed by atoms with van der Waals surface area (Å²) in [6, 6.07) is 13.1. The zero-order valence-corrected chi connectivity index (χ0v) is 12.2. The molecule has 6 heteroatoms. The van der Waals surface area contributed by atoms with Crippen molar-refractivity contribution in [1.82, 2.24) is 10.6 Å². The molecule has 0 spiro atoms. The molecule has 2 rings (SSSR count). The molecule has 2 aromatic rings. The second kappa shape index (κ2) is 7.21. The first-order valence-electron chi connectivity index (χ1n) is 6.89. The Morgan fingerprint density at radius 2 is 1.55 bits per heavy atom. The average Bonchev–Trinajstić information content (AvgIpc) is 2.51. The van der Waals surface area contributed by atoms with Crippen LogP contribution in [0.3, 0.4) is 0 Å². The van der Waals surface area contributed by atoms with Gasteiger partial charge in [0.15, 0.2) is 0 Å². The molecule has 3 N–H and O–H groups in total. The predicted molar refractivity (Wildman–Crippen MR) is 84.3 cm³/mol. The van der Waals surface area contributed by atoms with Gasteiger partial charge in [0.2, 0.25) is 5.91 Å². The zero-order valence-electron chi connectivity index (χ0n) is 12.2. The summed E-state index contributed by atoms with van der Waals surface area (Å²) < 4.78 is 0. The molecular formula is C16H17N3O3. The minimum Gasteiger partial charge on any atom is -0.355 e. The Balaban J connectivity index is 1.96. The largest absolute Gasteiger partial charge is 0.355 e. The van der Waals surface area contributed by atoms with Crippen molar-refractivity contribution in [3.63, 3.8) is 0 Å². The molecule has 0 aliphatic rings. The highest BCUT2D eigenvalue weighted by Crippen LogP contribution is 2.22. The van der Waals surface area contributed by atoms with Gasteiger partial charge in [-0.25, -0.2) is 0 Å². The van der Waals surface area contributed by atoms with Gasteiger partial charge in [0.1, 0.15) is 0 Å². The van der Waals surface area contributed by atoms with Crippen molar-refractivity contribution in [1.29, 1.82) is 0 Å². The fraction of sp³-hybridized carbons (Fsp3) is 0.188. The Hall–Kier alpha value is -2.89. The highest BCUT2D eigenvalue weighted by Gasteiger charge is 2.14. The van der Waals surface area contributed by atoms with Crippen LogP contribution >= 0.6 is 0 Å². The van der Waals surface area contributed by atoms with Crippen LogP contribution < -0.4 is 16.0 Å². The monoisotopic (exact) mass is 299 g/mol. The molecule has 0 bridgehead atoms. The SMILES string of the molecule is CC(=O)NCCNC(=O)C(=O)Nc1cccc2ccccc12. The molecule has 114 valence electrons. The fourth-order valence-electron chi connectivity index (χ4n) is 2.01. The summed E-state index contributed by atoms with van der Waals surface area (Å²) in [4.78, 5) is 34.3. The number of rotatable bonds is 4. The smallest absolute Gasteiger partial charge is 0.313 e. The van der Waals surface area contributed by atoms with Gasteiger partial charge >= 0.3 is 11.8 Å². The maximum absolute atomic E-state index is 11.9. The molecule has 3 amide bonds. The molecular weight excluding hydrogens is 282 g/mol. The van der Waals surface area contributed by atoms with Crippen LogP contribution in [-0.4, -0.2) is 30.8 Å². The molecule has 0 atom stereocenters. The van der Waals surface area contributed by atoms with E-state index in [1.165, 1.54) is 6.92 Å². The molecule has 22 heavy (non-hydrogen) atoms. The number of amides is 3. The van der Waals surface area contributed by atoms with Crippen molar-refractivity contribution in [2.24, 2.45) is 0 Å². The standard InChI is InChI=1S/C16H17N3O3/c1-11(20)17-9-10-18-15(21)16(22)19-14-8-4-6-12-5-2-3-7-13(12)14/h2-8H,9-10H2,1H3,(H,17,20)(H,18,21)(H,19,22). The van der Waals surface area contributed by atoms with Crippen molar-refractivity contribution < 1.29 is 14.4 Å². The second-order valence-electron chi connectivity index (χ2n) is 4.72. The Kier molecular flexibility index (Phi) is 5.08. The van der Waals surface area contributed by atoms with E-state index in [-0.39, 0.29) is 19.0 Å². The molecule has 6 nitrogen and oxygen atoms in total. The molecule has 0 aliphatic carbocycles. The van der Waals surface area contributed by atoms with Gasteiger partial charge in [-0.05, 0) is 11.5 Å². The van der Waals surface area contributed by atoms with E-state index in [9.17, 15) is 14.4 Å². The summed E-state index contributed by atoms with van der Waals surface area (Å²) in [5.41, 5.74) is 0.583. The quantitative estimate of drug-likeness (QED) is 0.582. The van der Waals surface area contributed by atoms with Gasteiger partial charge in [-0.15, -0.1) is 0 Å². The van der Waals surface area contributed by atoms with Crippen LogP contribution in [0.4, 0.5) is 5.69 Å². The topological polar surface area (TPSA) is 87.3 Å². The van der Waals surface area contributed by atoms with Gasteiger partial charge in [0, 0.05) is 31.1 Å². The van der Waals surface area contributed by atoms with Gasteiger partial charge in [0.25, 0.3) is 0 Å². The summed E-state index contributed by atoms with van der Waals surface area (Å²) in [7, 11) is 0. The number of nitrogens with one attached hydrogen (secondary N) is 3. The van der Waals surface area contributed by atoms with E-state index in [0.29, 0.717) is 5.69 Å². The van der Waals surface area contributed by atoms with Crippen LogP contribution in [0, 0.1) is 0 Å². The molecule has 0 saturated heterocycles. The molecule has 0 radical (unpaired) electrons. The second-order valence-corrected chi connectivity index (χ2v) is 4.72. The minimum atomic E-state index is -0.738. The molecule has 0 unspecified atom stereocenters. The average molecular weight is 299 g/mol. The van der Waals surface area contributed by atoms with E-state index in [4.69, 9.17) is 0 Å². The van der Waals surface area contributed by atoms with Crippen LogP contribution in [0.15, 0.2) is 42.5 Å². The fourth-order valence-corrected chi connectivity index (χ4v) is 2.01. The molecule has 0 aliphatic heterocycles. The highest BCUT2D eigenvalue weighted by molar-refractivity contribution is 6.40. The van der Waals surface area contributed by atoms with Crippen LogP contribution in [0.25, 0.3) is 10.8 Å². The summed E-state index contributed by atoms with van der Waals surface area (Å²) in [6.45, 7) is 1.86. The normalized spacial score (nSPS) is 10.0. The minimum absolute atomic E-state index is 0.186. The van der Waals surface area contributed by atoms with Crippen LogP contribution in [0.5, 0.6) is 0 Å². The number of benzene rings is 2. The molecule has 0 saturated carbocycles. The zero-order chi connectivity index (χ0) is 15.9. The van der Waals surface area contributed by atoms with Gasteiger partial charge in [-0.3, -0.25) is 14.4 Å². The summed E-state index contributed by atoms with van der Waals surface area (Å²) in [5, 5.41) is 9.41. The lowest BCUT2D eigenvalue weighted by molar-refractivity contribution is -0.136. The first kappa shape index (κ1) is 15.5. The van der Waals surface area contributed by atoms with E-state index in [1.807, 2.05) is 36.4 Å². The third kappa shape index (κ3) is 4.05. The Labute approximate surface area is 127 Å². The lowest BCUT2D eigenvalue weighted by Crippen LogP contribution is -2.39. The third-order valence-corrected chi connectivity index (χ3v) is 3.03. The maximum Gasteiger partial charge on any atom is 0.313 e. The number of anilines is 1. The van der Waals surface area contributed by atoms with Crippen LogP contribution in [0.1, 0.15) is 6.92 Å². The summed E-state index contributed by atoms with van der Waals surface area (Å²) in [5.74, 6) is -1.66. The predicted octanol–water partition coefficient (Wildman–Crippen LogP) is 1.03. The number of carbonyl (C=O) groups is 3. The molecule has 0 fully saturated rings. The van der Waals surface area contributed by atoms with Crippen molar-refractivity contribution in [2.75, 3.05) is 18.4 Å². The highest BCUT2D eigenvalue weighted by atomic mass is 16.2. The third-order valence-electron chi connectivity index (χ3n) is 3.03. The lowest BCUT2D eigenvalue weighted by Gasteiger charge is -2.09. The van der Waals surface area contributed by atoms with E-state index in [1.54, 1.807) is 6.07 Å². The van der Waals surface area contributed by atoms with E-state index >= 15 is 0 Å². The van der Waals surface area contributed by atoms with Crippen molar-refractivity contribution in [3.05, 3.63) is 42.5 Å². The van der Waals surface area contributed by atoms with E-state index in [2.05, 4.69) is 16.0 Å². The van der Waals surface area contributed by atoms with Gasteiger partial charge in [0.05, 0.1) is 0 Å². The molecule has 2 aromatic carbocycles. The van der Waals surface area contributed by atoms with Crippen molar-refractivity contribution in [3.8, 4) is 0 Å². The number of carbonyl (C=O) groups excluding carboxylic acids is 3. The van der Waals surface area contributed by atoms with Gasteiger partial charge in [-0.1, -0.05) is 36.4 Å². The number of hydrogen-bond acceptors (Lipinski definition) is 3. The molecule has 0 heterocycles. The Morgan fingerprint density at radius 1 is 0.864 bits per heavy atom. The maximum atomic E-state index is 11.9. The van der Waals surface area contributed by atoms with Gasteiger partial charge < -0.3 is 16.0 Å². The Bertz CT molecular complexity index is 707. The van der Waals surface area contributed by atoms with Crippen molar-refractivity contribution >= 4 is 34.2 Å². The van der Waals surface area contributed by atoms with Crippen molar-refractivity contribution in [2.45, 2.75) is 6.92 Å². The number of hydrogen-bond donors (Lipinski definition) is 3. The van der Waals surface area contributed by atoms with Crippen LogP contribution in [0.2, 0.25) is 0 Å². The summed E-state index contributed by atoms with van der Waals surface area (Å²) in [6.07, 6.45) is 0.